The number of carbonyl (C=O) groups is 1. The van der Waals surface area contributed by atoms with Crippen molar-refractivity contribution in [2.45, 2.75) is 26.3 Å². The van der Waals surface area contributed by atoms with Gasteiger partial charge in [-0.05, 0) is 31.0 Å². The van der Waals surface area contributed by atoms with E-state index in [9.17, 15) is 4.79 Å². The van der Waals surface area contributed by atoms with Gasteiger partial charge in [0.25, 0.3) is 0 Å². The number of hydrogen-bond donors (Lipinski definition) is 2. The maximum absolute atomic E-state index is 11.2. The van der Waals surface area contributed by atoms with Crippen LogP contribution in [0.15, 0.2) is 23.2 Å². The quantitative estimate of drug-likeness (QED) is 0.309. The summed E-state index contributed by atoms with van der Waals surface area (Å²) in [6, 6.07) is 5.59. The SMILES string of the molecule is CCOC(=O)CCCNC(N)=NCc1ccc(OC)c(OC)c1. The summed E-state index contributed by atoms with van der Waals surface area (Å²) in [6.45, 7) is 3.19. The molecule has 0 radical (unpaired) electrons. The smallest absolute Gasteiger partial charge is 0.305 e. The van der Waals surface area contributed by atoms with Crippen molar-refractivity contribution in [3.63, 3.8) is 0 Å². The Morgan fingerprint density at radius 1 is 1.26 bits per heavy atom. The Morgan fingerprint density at radius 2 is 2.00 bits per heavy atom. The highest BCUT2D eigenvalue weighted by molar-refractivity contribution is 5.77. The van der Waals surface area contributed by atoms with E-state index in [0.29, 0.717) is 50.0 Å². The first-order valence-electron chi connectivity index (χ1n) is 7.51. The molecule has 0 atom stereocenters. The van der Waals surface area contributed by atoms with E-state index in [1.165, 1.54) is 0 Å². The van der Waals surface area contributed by atoms with Crippen LogP contribution in [0.2, 0.25) is 0 Å². The van der Waals surface area contributed by atoms with Crippen LogP contribution in [-0.2, 0) is 16.1 Å². The fourth-order valence-corrected chi connectivity index (χ4v) is 1.89. The number of rotatable bonds is 9. The molecular weight excluding hydrogens is 298 g/mol. The summed E-state index contributed by atoms with van der Waals surface area (Å²) in [4.78, 5) is 15.4. The Hall–Kier alpha value is -2.44. The number of guanidine groups is 1. The lowest BCUT2D eigenvalue weighted by Crippen LogP contribution is -2.32. The number of nitrogens with two attached hydrogens (primary N) is 1. The van der Waals surface area contributed by atoms with Crippen LogP contribution in [0.3, 0.4) is 0 Å². The molecule has 3 N–H and O–H groups in total. The zero-order valence-electron chi connectivity index (χ0n) is 13.9. The lowest BCUT2D eigenvalue weighted by molar-refractivity contribution is -0.143. The van der Waals surface area contributed by atoms with Crippen molar-refractivity contribution in [2.75, 3.05) is 27.4 Å². The predicted octanol–water partition coefficient (Wildman–Crippen LogP) is 1.45. The highest BCUT2D eigenvalue weighted by Crippen LogP contribution is 2.27. The molecule has 0 saturated carbocycles. The van der Waals surface area contributed by atoms with Gasteiger partial charge in [0.05, 0.1) is 27.4 Å². The number of nitrogens with zero attached hydrogens (tertiary/aromatic N) is 1. The van der Waals surface area contributed by atoms with Crippen LogP contribution in [0.1, 0.15) is 25.3 Å². The third-order valence-corrected chi connectivity index (χ3v) is 3.05. The molecule has 7 nitrogen and oxygen atoms in total. The third kappa shape index (κ3) is 6.90. The second-order valence-corrected chi connectivity index (χ2v) is 4.73. The molecule has 1 aromatic carbocycles. The molecule has 0 aromatic heterocycles. The van der Waals surface area contributed by atoms with Gasteiger partial charge in [0.1, 0.15) is 0 Å². The van der Waals surface area contributed by atoms with E-state index in [1.807, 2.05) is 18.2 Å². The maximum Gasteiger partial charge on any atom is 0.305 e. The average molecular weight is 323 g/mol. The van der Waals surface area contributed by atoms with Crippen LogP contribution in [0.25, 0.3) is 0 Å². The molecular formula is C16H25N3O4. The first-order chi connectivity index (χ1) is 11.1. The first kappa shape index (κ1) is 18.6. The summed E-state index contributed by atoms with van der Waals surface area (Å²) < 4.78 is 15.3. The highest BCUT2D eigenvalue weighted by Gasteiger charge is 2.04. The number of carbonyl (C=O) groups excluding carboxylic acids is 1. The number of ether oxygens (including phenoxy) is 3. The molecule has 0 aliphatic rings. The summed E-state index contributed by atoms with van der Waals surface area (Å²) in [5.41, 5.74) is 6.75. The molecule has 0 bridgehead atoms. The molecule has 23 heavy (non-hydrogen) atoms. The van der Waals surface area contributed by atoms with Crippen LogP contribution in [0, 0.1) is 0 Å². The molecule has 0 unspecified atom stereocenters. The van der Waals surface area contributed by atoms with Gasteiger partial charge < -0.3 is 25.3 Å². The second-order valence-electron chi connectivity index (χ2n) is 4.73. The normalized spacial score (nSPS) is 11.0. The number of hydrogen-bond acceptors (Lipinski definition) is 5. The molecule has 0 saturated heterocycles. The maximum atomic E-state index is 11.2. The van der Waals surface area contributed by atoms with Gasteiger partial charge in [-0.1, -0.05) is 6.07 Å². The van der Waals surface area contributed by atoms with Crippen molar-refractivity contribution in [3.05, 3.63) is 23.8 Å². The van der Waals surface area contributed by atoms with Crippen LogP contribution in [-0.4, -0.2) is 39.3 Å². The van der Waals surface area contributed by atoms with E-state index in [2.05, 4.69) is 10.3 Å². The van der Waals surface area contributed by atoms with Gasteiger partial charge >= 0.3 is 5.97 Å². The standard InChI is InChI=1S/C16H25N3O4/c1-4-23-15(20)6-5-9-18-16(17)19-11-12-7-8-13(21-2)14(10-12)22-3/h7-8,10H,4-6,9,11H2,1-3H3,(H3,17,18,19). The van der Waals surface area contributed by atoms with E-state index < -0.39 is 0 Å². The number of benzene rings is 1. The number of aliphatic imine (C=N–C) groups is 1. The third-order valence-electron chi connectivity index (χ3n) is 3.05. The average Bonchev–Trinajstić information content (AvgIpc) is 2.56. The van der Waals surface area contributed by atoms with Crippen LogP contribution in [0.5, 0.6) is 11.5 Å². The Morgan fingerprint density at radius 3 is 2.65 bits per heavy atom. The molecule has 0 spiro atoms. The van der Waals surface area contributed by atoms with Crippen molar-refractivity contribution < 1.29 is 19.0 Å². The Kier molecular flexibility index (Phi) is 8.34. The van der Waals surface area contributed by atoms with Crippen molar-refractivity contribution in [2.24, 2.45) is 10.7 Å². The van der Waals surface area contributed by atoms with Crippen LogP contribution < -0.4 is 20.5 Å². The minimum atomic E-state index is -0.199. The van der Waals surface area contributed by atoms with E-state index in [0.717, 1.165) is 5.56 Å². The number of methoxy groups -OCH3 is 2. The predicted molar refractivity (Wildman–Crippen MR) is 88.7 cm³/mol. The molecule has 1 rings (SSSR count). The van der Waals surface area contributed by atoms with Crippen LogP contribution >= 0.6 is 0 Å². The van der Waals surface area contributed by atoms with Gasteiger partial charge in [0.15, 0.2) is 17.5 Å². The Labute approximate surface area is 136 Å². The van der Waals surface area contributed by atoms with Gasteiger partial charge in [0, 0.05) is 13.0 Å². The molecule has 7 heteroatoms. The number of nitrogens with one attached hydrogen (secondary N) is 1. The zero-order valence-corrected chi connectivity index (χ0v) is 13.9. The van der Waals surface area contributed by atoms with Crippen molar-refractivity contribution in [1.29, 1.82) is 0 Å². The minimum Gasteiger partial charge on any atom is -0.493 e. The first-order valence-corrected chi connectivity index (χ1v) is 7.51. The molecule has 0 heterocycles. The van der Waals surface area contributed by atoms with Gasteiger partial charge in [-0.2, -0.15) is 0 Å². The Bertz CT molecular complexity index is 532. The van der Waals surface area contributed by atoms with E-state index >= 15 is 0 Å². The monoisotopic (exact) mass is 323 g/mol. The highest BCUT2D eigenvalue weighted by atomic mass is 16.5. The molecule has 0 aliphatic carbocycles. The van der Waals surface area contributed by atoms with Crippen molar-refractivity contribution in [3.8, 4) is 11.5 Å². The summed E-state index contributed by atoms with van der Waals surface area (Å²) in [7, 11) is 3.18. The van der Waals surface area contributed by atoms with E-state index in [1.54, 1.807) is 21.1 Å². The summed E-state index contributed by atoms with van der Waals surface area (Å²) >= 11 is 0. The topological polar surface area (TPSA) is 95.2 Å². The van der Waals surface area contributed by atoms with Gasteiger partial charge in [0.2, 0.25) is 0 Å². The molecule has 1 aromatic rings. The van der Waals surface area contributed by atoms with Gasteiger partial charge in [-0.3, -0.25) is 4.79 Å². The summed E-state index contributed by atoms with van der Waals surface area (Å²) in [6.07, 6.45) is 1.01. The van der Waals surface area contributed by atoms with Crippen molar-refractivity contribution >= 4 is 11.9 Å². The minimum absolute atomic E-state index is 0.199. The van der Waals surface area contributed by atoms with E-state index in [4.69, 9.17) is 19.9 Å². The number of esters is 1. The lowest BCUT2D eigenvalue weighted by atomic mass is 10.2. The fourth-order valence-electron chi connectivity index (χ4n) is 1.89. The molecule has 0 fully saturated rings. The molecule has 0 aliphatic heterocycles. The van der Waals surface area contributed by atoms with E-state index in [-0.39, 0.29) is 5.97 Å². The summed E-state index contributed by atoms with van der Waals surface area (Å²) in [5, 5.41) is 2.97. The second kappa shape index (κ2) is 10.3. The lowest BCUT2D eigenvalue weighted by Gasteiger charge is -2.09. The van der Waals surface area contributed by atoms with Gasteiger partial charge in [-0.15, -0.1) is 0 Å². The zero-order chi connectivity index (χ0) is 17.1. The molecule has 0 amide bonds. The summed E-state index contributed by atoms with van der Waals surface area (Å²) in [5.74, 6) is 1.46. The largest absolute Gasteiger partial charge is 0.493 e. The fraction of sp³-hybridized carbons (Fsp3) is 0.500. The molecule has 128 valence electrons. The Balaban J connectivity index is 2.40. The van der Waals surface area contributed by atoms with Crippen molar-refractivity contribution in [1.82, 2.24) is 5.32 Å². The van der Waals surface area contributed by atoms with Gasteiger partial charge in [-0.25, -0.2) is 4.99 Å². The van der Waals surface area contributed by atoms with Crippen LogP contribution in [0.4, 0.5) is 0 Å².